The van der Waals surface area contributed by atoms with Crippen molar-refractivity contribution in [2.45, 2.75) is 103 Å². The summed E-state index contributed by atoms with van der Waals surface area (Å²) in [5, 5.41) is 30.4. The number of amides is 2. The number of carbonyl (C=O) groups is 2. The summed E-state index contributed by atoms with van der Waals surface area (Å²) in [5.74, 6) is -0.156. The minimum absolute atomic E-state index is 0.0949. The highest BCUT2D eigenvalue weighted by molar-refractivity contribution is 5.90. The Balaban J connectivity index is 1.55. The van der Waals surface area contributed by atoms with Gasteiger partial charge in [0.05, 0.1) is 23.5 Å². The van der Waals surface area contributed by atoms with Crippen LogP contribution >= 0.6 is 0 Å². The van der Waals surface area contributed by atoms with Crippen molar-refractivity contribution in [3.05, 3.63) is 23.8 Å². The van der Waals surface area contributed by atoms with Gasteiger partial charge >= 0.3 is 0 Å². The second-order valence-electron chi connectivity index (χ2n) is 11.9. The lowest BCUT2D eigenvalue weighted by Crippen LogP contribution is -2.53. The second kappa shape index (κ2) is 9.00. The van der Waals surface area contributed by atoms with E-state index < -0.39 is 29.1 Å². The number of hydrogen-bond acceptors (Lipinski definition) is 7. The van der Waals surface area contributed by atoms with Gasteiger partial charge in [0.1, 0.15) is 17.8 Å². The zero-order valence-corrected chi connectivity index (χ0v) is 21.8. The molecule has 0 bridgehead atoms. The predicted molar refractivity (Wildman–Crippen MR) is 128 cm³/mol. The smallest absolute Gasteiger partial charge is 0.248 e. The zero-order chi connectivity index (χ0) is 25.7. The van der Waals surface area contributed by atoms with Crippen molar-refractivity contribution in [1.29, 1.82) is 0 Å². The topological polar surface area (TPSA) is 131 Å². The number of carbonyl (C=O) groups excluding carboxylic acids is 2. The van der Waals surface area contributed by atoms with Crippen LogP contribution in [0, 0.1) is 5.41 Å². The molecule has 0 unspecified atom stereocenters. The molecule has 0 radical (unpaired) electrons. The lowest BCUT2D eigenvalue weighted by atomic mass is 9.85. The van der Waals surface area contributed by atoms with Gasteiger partial charge < -0.3 is 15.3 Å². The van der Waals surface area contributed by atoms with Crippen LogP contribution in [0.5, 0.6) is 0 Å². The van der Waals surface area contributed by atoms with Crippen LogP contribution < -0.4 is 5.32 Å². The maximum Gasteiger partial charge on any atom is 0.248 e. The summed E-state index contributed by atoms with van der Waals surface area (Å²) in [6, 6.07) is -1.30. The van der Waals surface area contributed by atoms with E-state index in [2.05, 4.69) is 25.9 Å². The summed E-state index contributed by atoms with van der Waals surface area (Å²) in [7, 11) is 0. The van der Waals surface area contributed by atoms with Gasteiger partial charge in [0.2, 0.25) is 11.8 Å². The van der Waals surface area contributed by atoms with Crippen LogP contribution in [0.25, 0.3) is 0 Å². The van der Waals surface area contributed by atoms with Crippen molar-refractivity contribution in [3.63, 3.8) is 0 Å². The number of likely N-dealkylation sites (tertiary alicyclic amines) is 1. The third-order valence-electron chi connectivity index (χ3n) is 6.82. The summed E-state index contributed by atoms with van der Waals surface area (Å²) in [6.07, 6.45) is 5.25. The molecule has 2 aromatic rings. The average Bonchev–Trinajstić information content (AvgIpc) is 3.15. The highest BCUT2D eigenvalue weighted by atomic mass is 16.3. The molecule has 3 atom stereocenters. The van der Waals surface area contributed by atoms with Crippen LogP contribution in [0.4, 0.5) is 0 Å². The molecule has 4 rings (SSSR count). The summed E-state index contributed by atoms with van der Waals surface area (Å²) >= 11 is 0. The van der Waals surface area contributed by atoms with E-state index in [4.69, 9.17) is 0 Å². The Labute approximate surface area is 206 Å². The Morgan fingerprint density at radius 3 is 2.29 bits per heavy atom. The van der Waals surface area contributed by atoms with Crippen LogP contribution in [-0.4, -0.2) is 70.5 Å². The van der Waals surface area contributed by atoms with Crippen LogP contribution in [0.15, 0.2) is 12.4 Å². The fourth-order valence-corrected chi connectivity index (χ4v) is 4.60. The monoisotopic (exact) mass is 486 g/mol. The quantitative estimate of drug-likeness (QED) is 0.611. The van der Waals surface area contributed by atoms with Gasteiger partial charge in [-0.05, 0) is 46.0 Å². The van der Waals surface area contributed by atoms with Crippen LogP contribution in [-0.2, 0) is 15.1 Å². The first-order chi connectivity index (χ1) is 16.3. The molecule has 2 fully saturated rings. The Kier molecular flexibility index (Phi) is 6.50. The molecule has 2 amide bonds. The van der Waals surface area contributed by atoms with E-state index in [0.29, 0.717) is 11.6 Å². The Morgan fingerprint density at radius 2 is 1.71 bits per heavy atom. The van der Waals surface area contributed by atoms with Crippen molar-refractivity contribution in [2.75, 3.05) is 6.54 Å². The first-order valence-corrected chi connectivity index (χ1v) is 12.4. The number of hydrogen-bond donors (Lipinski definition) is 2. The molecule has 1 aliphatic heterocycles. The largest absolute Gasteiger partial charge is 0.391 e. The summed E-state index contributed by atoms with van der Waals surface area (Å²) in [5.41, 5.74) is 0.244. The molecule has 3 heterocycles. The van der Waals surface area contributed by atoms with Crippen LogP contribution in [0.2, 0.25) is 0 Å². The second-order valence-corrected chi connectivity index (χ2v) is 11.9. The van der Waals surface area contributed by atoms with Gasteiger partial charge in [-0.3, -0.25) is 9.59 Å². The molecule has 0 aromatic carbocycles. The van der Waals surface area contributed by atoms with Crippen molar-refractivity contribution in [3.8, 4) is 0 Å². The van der Waals surface area contributed by atoms with E-state index in [1.807, 2.05) is 60.9 Å². The zero-order valence-electron chi connectivity index (χ0n) is 21.8. The van der Waals surface area contributed by atoms with E-state index in [9.17, 15) is 14.7 Å². The number of rotatable bonds is 7. The van der Waals surface area contributed by atoms with E-state index >= 15 is 0 Å². The Bertz CT molecular complexity index is 1080. The highest BCUT2D eigenvalue weighted by Crippen LogP contribution is 2.40. The number of aliphatic hydroxyl groups is 1. The highest BCUT2D eigenvalue weighted by Gasteiger charge is 2.46. The van der Waals surface area contributed by atoms with Crippen molar-refractivity contribution >= 4 is 11.8 Å². The standard InChI is InChI=1S/C24H38N8O3/c1-14(2)31-13-19(27-29-31)24(6,7)25-21(34)18-10-16(33)11-30(18)22(35)20(23(3,4)5)32-12-17(26-28-32)15-8-9-15/h12-16,18,20,33H,8-11H2,1-7H3,(H,25,34)/t16-,18+,20-/m1/s1. The van der Waals surface area contributed by atoms with Crippen molar-refractivity contribution in [2.24, 2.45) is 5.41 Å². The molecular weight excluding hydrogens is 448 g/mol. The van der Waals surface area contributed by atoms with Crippen LogP contribution in [0.3, 0.4) is 0 Å². The van der Waals surface area contributed by atoms with Gasteiger partial charge in [0.25, 0.3) is 0 Å². The minimum Gasteiger partial charge on any atom is -0.391 e. The molecular formula is C24H38N8O3. The molecule has 1 saturated carbocycles. The van der Waals surface area contributed by atoms with E-state index in [1.54, 1.807) is 9.36 Å². The molecule has 1 saturated heterocycles. The number of nitrogens with zero attached hydrogens (tertiary/aromatic N) is 7. The summed E-state index contributed by atoms with van der Waals surface area (Å²) in [6.45, 7) is 13.7. The molecule has 2 aliphatic rings. The number of aromatic nitrogens is 6. The Morgan fingerprint density at radius 1 is 1.06 bits per heavy atom. The van der Waals surface area contributed by atoms with Gasteiger partial charge in [-0.1, -0.05) is 31.2 Å². The van der Waals surface area contributed by atoms with Gasteiger partial charge in [-0.2, -0.15) is 0 Å². The fraction of sp³-hybridized carbons (Fsp3) is 0.750. The van der Waals surface area contributed by atoms with Crippen molar-refractivity contribution < 1.29 is 14.7 Å². The van der Waals surface area contributed by atoms with Gasteiger partial charge in [0.15, 0.2) is 0 Å². The molecule has 11 nitrogen and oxygen atoms in total. The lowest BCUT2D eigenvalue weighted by Gasteiger charge is -2.35. The summed E-state index contributed by atoms with van der Waals surface area (Å²) < 4.78 is 3.37. The first-order valence-electron chi connectivity index (χ1n) is 12.4. The number of aliphatic hydroxyl groups excluding tert-OH is 1. The Hall–Kier alpha value is -2.82. The van der Waals surface area contributed by atoms with E-state index in [1.165, 1.54) is 4.90 Å². The third kappa shape index (κ3) is 5.24. The van der Waals surface area contributed by atoms with Gasteiger partial charge in [-0.25, -0.2) is 9.36 Å². The van der Waals surface area contributed by atoms with E-state index in [-0.39, 0.29) is 30.8 Å². The predicted octanol–water partition coefficient (Wildman–Crippen LogP) is 1.93. The minimum atomic E-state index is -0.805. The molecule has 2 aromatic heterocycles. The fourth-order valence-electron chi connectivity index (χ4n) is 4.60. The number of β-amino-alcohol motifs (C(OH)–C–C–N with tert-alkyl or cyclic N) is 1. The molecule has 2 N–H and O–H groups in total. The van der Waals surface area contributed by atoms with Crippen LogP contribution in [0.1, 0.15) is 97.1 Å². The molecule has 192 valence electrons. The molecule has 0 spiro atoms. The average molecular weight is 487 g/mol. The molecule has 1 aliphatic carbocycles. The third-order valence-corrected chi connectivity index (χ3v) is 6.82. The lowest BCUT2D eigenvalue weighted by molar-refractivity contribution is -0.144. The normalized spacial score (nSPS) is 22.0. The number of nitrogens with one attached hydrogen (secondary N) is 1. The summed E-state index contributed by atoms with van der Waals surface area (Å²) in [4.78, 5) is 28.8. The SMILES string of the molecule is CC(C)n1cc(C(C)(C)NC(=O)[C@@H]2C[C@@H](O)CN2C(=O)[C@@H](n2cc(C3CC3)nn2)C(C)(C)C)nn1. The van der Waals surface area contributed by atoms with E-state index in [0.717, 1.165) is 18.5 Å². The van der Waals surface area contributed by atoms with Gasteiger partial charge in [-0.15, -0.1) is 10.2 Å². The van der Waals surface area contributed by atoms with Crippen molar-refractivity contribution in [1.82, 2.24) is 40.2 Å². The first kappa shape index (κ1) is 25.3. The maximum atomic E-state index is 13.9. The maximum absolute atomic E-state index is 13.9. The molecule has 35 heavy (non-hydrogen) atoms. The van der Waals surface area contributed by atoms with Gasteiger partial charge in [0, 0.05) is 31.1 Å². The molecule has 11 heteroatoms.